The molecule has 2 heterocycles. The zero-order valence-corrected chi connectivity index (χ0v) is 14.7. The number of aromatic nitrogens is 1. The Bertz CT molecular complexity index is 672. The molecule has 122 valence electrons. The van der Waals surface area contributed by atoms with Crippen molar-refractivity contribution in [2.45, 2.75) is 6.54 Å². The average molecular weight is 371 g/mol. The molecule has 2 aromatic rings. The van der Waals surface area contributed by atoms with Crippen LogP contribution in [0.3, 0.4) is 0 Å². The van der Waals surface area contributed by atoms with E-state index in [1.54, 1.807) is 29.7 Å². The summed E-state index contributed by atoms with van der Waals surface area (Å²) < 4.78 is 0. The summed E-state index contributed by atoms with van der Waals surface area (Å²) in [6.07, 6.45) is 1.80. The first-order valence-corrected chi connectivity index (χ1v) is 8.88. The fraction of sp³-hybridized carbons (Fsp3) is 0.333. The molecule has 1 aliphatic heterocycles. The second-order valence-electron chi connectivity index (χ2n) is 5.18. The number of halogens is 2. The largest absolute Gasteiger partial charge is 0.345 e. The number of amides is 2. The molecule has 3 rings (SSSR count). The molecule has 1 aromatic heterocycles. The van der Waals surface area contributed by atoms with Gasteiger partial charge in [-0.3, -0.25) is 0 Å². The van der Waals surface area contributed by atoms with Crippen molar-refractivity contribution in [2.75, 3.05) is 31.1 Å². The van der Waals surface area contributed by atoms with Crippen LogP contribution in [0.15, 0.2) is 29.8 Å². The summed E-state index contributed by atoms with van der Waals surface area (Å²) in [5, 5.41) is 7.03. The maximum absolute atomic E-state index is 12.3. The number of anilines is 1. The molecular weight excluding hydrogens is 355 g/mol. The molecule has 23 heavy (non-hydrogen) atoms. The Balaban J connectivity index is 1.50. The molecule has 1 N–H and O–H groups in total. The SMILES string of the molecule is O=C(NCc1ccc(Cl)cc1Cl)N1CCN(c2nccs2)CC1. The lowest BCUT2D eigenvalue weighted by atomic mass is 10.2. The minimum Gasteiger partial charge on any atom is -0.345 e. The second-order valence-corrected chi connectivity index (χ2v) is 6.90. The monoisotopic (exact) mass is 370 g/mol. The average Bonchev–Trinajstić information content (AvgIpc) is 3.08. The first kappa shape index (κ1) is 16.4. The van der Waals surface area contributed by atoms with Crippen molar-refractivity contribution in [1.29, 1.82) is 0 Å². The van der Waals surface area contributed by atoms with E-state index in [0.717, 1.165) is 23.8 Å². The van der Waals surface area contributed by atoms with Gasteiger partial charge < -0.3 is 15.1 Å². The Hall–Kier alpha value is -1.50. The van der Waals surface area contributed by atoms with E-state index < -0.39 is 0 Å². The van der Waals surface area contributed by atoms with Gasteiger partial charge in [-0.2, -0.15) is 0 Å². The normalized spacial score (nSPS) is 14.9. The zero-order chi connectivity index (χ0) is 16.2. The number of nitrogens with one attached hydrogen (secondary N) is 1. The van der Waals surface area contributed by atoms with E-state index in [-0.39, 0.29) is 6.03 Å². The molecule has 2 amide bonds. The molecule has 0 radical (unpaired) electrons. The van der Waals surface area contributed by atoms with Gasteiger partial charge in [0.05, 0.1) is 0 Å². The van der Waals surface area contributed by atoms with Crippen molar-refractivity contribution < 1.29 is 4.79 Å². The van der Waals surface area contributed by atoms with Crippen molar-refractivity contribution >= 4 is 45.7 Å². The van der Waals surface area contributed by atoms with Crippen LogP contribution in [-0.4, -0.2) is 42.1 Å². The molecule has 0 spiro atoms. The number of urea groups is 1. The Kier molecular flexibility index (Phi) is 5.25. The third kappa shape index (κ3) is 4.07. The number of piperazine rings is 1. The van der Waals surface area contributed by atoms with Crippen molar-refractivity contribution in [1.82, 2.24) is 15.2 Å². The van der Waals surface area contributed by atoms with Crippen LogP contribution >= 0.6 is 34.5 Å². The maximum atomic E-state index is 12.3. The Labute approximate surface area is 148 Å². The van der Waals surface area contributed by atoms with Gasteiger partial charge in [-0.05, 0) is 17.7 Å². The van der Waals surface area contributed by atoms with Gasteiger partial charge in [-0.25, -0.2) is 9.78 Å². The predicted molar refractivity (Wildman–Crippen MR) is 94.6 cm³/mol. The van der Waals surface area contributed by atoms with E-state index in [1.165, 1.54) is 0 Å². The van der Waals surface area contributed by atoms with Crippen LogP contribution in [0.25, 0.3) is 0 Å². The van der Waals surface area contributed by atoms with E-state index in [9.17, 15) is 4.79 Å². The Morgan fingerprint density at radius 2 is 2.04 bits per heavy atom. The summed E-state index contributed by atoms with van der Waals surface area (Å²) in [7, 11) is 0. The molecule has 0 atom stereocenters. The molecule has 0 aliphatic carbocycles. The van der Waals surface area contributed by atoms with Gasteiger partial charge in [0.2, 0.25) is 0 Å². The van der Waals surface area contributed by atoms with E-state index in [0.29, 0.717) is 29.7 Å². The summed E-state index contributed by atoms with van der Waals surface area (Å²) in [6, 6.07) is 5.19. The number of rotatable bonds is 3. The number of hydrogen-bond donors (Lipinski definition) is 1. The van der Waals surface area contributed by atoms with Crippen molar-refractivity contribution in [3.63, 3.8) is 0 Å². The van der Waals surface area contributed by atoms with E-state index in [1.807, 2.05) is 16.3 Å². The van der Waals surface area contributed by atoms with E-state index in [2.05, 4.69) is 15.2 Å². The van der Waals surface area contributed by atoms with Gasteiger partial charge >= 0.3 is 6.03 Å². The highest BCUT2D eigenvalue weighted by Gasteiger charge is 2.22. The van der Waals surface area contributed by atoms with Gasteiger partial charge in [0.15, 0.2) is 5.13 Å². The van der Waals surface area contributed by atoms with Gasteiger partial charge in [0, 0.05) is 54.3 Å². The quantitative estimate of drug-likeness (QED) is 0.899. The Morgan fingerprint density at radius 1 is 1.26 bits per heavy atom. The first-order chi connectivity index (χ1) is 11.1. The van der Waals surface area contributed by atoms with Crippen LogP contribution in [-0.2, 0) is 6.54 Å². The highest BCUT2D eigenvalue weighted by molar-refractivity contribution is 7.13. The molecule has 0 saturated carbocycles. The molecule has 0 unspecified atom stereocenters. The number of benzene rings is 1. The molecule has 0 bridgehead atoms. The lowest BCUT2D eigenvalue weighted by Gasteiger charge is -2.34. The summed E-state index contributed by atoms with van der Waals surface area (Å²) in [4.78, 5) is 20.6. The van der Waals surface area contributed by atoms with Crippen molar-refractivity contribution in [3.05, 3.63) is 45.4 Å². The minimum atomic E-state index is -0.0743. The van der Waals surface area contributed by atoms with Crippen LogP contribution in [0.5, 0.6) is 0 Å². The zero-order valence-electron chi connectivity index (χ0n) is 12.3. The van der Waals surface area contributed by atoms with Crippen LogP contribution in [0.4, 0.5) is 9.93 Å². The van der Waals surface area contributed by atoms with Crippen molar-refractivity contribution in [3.8, 4) is 0 Å². The van der Waals surface area contributed by atoms with Crippen LogP contribution < -0.4 is 10.2 Å². The van der Waals surface area contributed by atoms with Crippen LogP contribution in [0.1, 0.15) is 5.56 Å². The highest BCUT2D eigenvalue weighted by Crippen LogP contribution is 2.21. The summed E-state index contributed by atoms with van der Waals surface area (Å²) >= 11 is 13.6. The third-order valence-electron chi connectivity index (χ3n) is 3.70. The number of thiazole rings is 1. The first-order valence-electron chi connectivity index (χ1n) is 7.24. The molecule has 1 saturated heterocycles. The standard InChI is InChI=1S/C15H16Cl2N4OS/c16-12-2-1-11(13(17)9-12)10-19-14(22)20-4-6-21(7-5-20)15-18-3-8-23-15/h1-3,8-9H,4-7,10H2,(H,19,22). The summed E-state index contributed by atoms with van der Waals surface area (Å²) in [6.45, 7) is 3.34. The lowest BCUT2D eigenvalue weighted by molar-refractivity contribution is 0.194. The van der Waals surface area contributed by atoms with Gasteiger partial charge in [0.25, 0.3) is 0 Å². The number of nitrogens with zero attached hydrogens (tertiary/aromatic N) is 3. The number of carbonyl (C=O) groups is 1. The predicted octanol–water partition coefficient (Wildman–Crippen LogP) is 3.48. The molecule has 1 aromatic carbocycles. The second kappa shape index (κ2) is 7.38. The number of carbonyl (C=O) groups excluding carboxylic acids is 1. The summed E-state index contributed by atoms with van der Waals surface area (Å²) in [5.41, 5.74) is 0.853. The lowest BCUT2D eigenvalue weighted by Crippen LogP contribution is -2.51. The molecule has 8 heteroatoms. The fourth-order valence-corrected chi connectivity index (χ4v) is 3.59. The number of hydrogen-bond acceptors (Lipinski definition) is 4. The summed E-state index contributed by atoms with van der Waals surface area (Å²) in [5.74, 6) is 0. The van der Waals surface area contributed by atoms with Gasteiger partial charge in [-0.15, -0.1) is 11.3 Å². The fourth-order valence-electron chi connectivity index (χ4n) is 2.42. The van der Waals surface area contributed by atoms with Gasteiger partial charge in [0.1, 0.15) is 0 Å². The van der Waals surface area contributed by atoms with Crippen molar-refractivity contribution in [2.24, 2.45) is 0 Å². The molecular formula is C15H16Cl2N4OS. The molecule has 1 fully saturated rings. The highest BCUT2D eigenvalue weighted by atomic mass is 35.5. The topological polar surface area (TPSA) is 48.5 Å². The maximum Gasteiger partial charge on any atom is 0.317 e. The molecule has 1 aliphatic rings. The Morgan fingerprint density at radius 3 is 2.70 bits per heavy atom. The minimum absolute atomic E-state index is 0.0743. The van der Waals surface area contributed by atoms with E-state index in [4.69, 9.17) is 23.2 Å². The third-order valence-corrected chi connectivity index (χ3v) is 5.12. The molecule has 5 nitrogen and oxygen atoms in total. The smallest absolute Gasteiger partial charge is 0.317 e. The van der Waals surface area contributed by atoms with E-state index >= 15 is 0 Å². The van der Waals surface area contributed by atoms with Crippen LogP contribution in [0, 0.1) is 0 Å². The van der Waals surface area contributed by atoms with Gasteiger partial charge in [-0.1, -0.05) is 29.3 Å². The van der Waals surface area contributed by atoms with Crippen LogP contribution in [0.2, 0.25) is 10.0 Å².